The Kier molecular flexibility index (Phi) is 6.19. The van der Waals surface area contributed by atoms with Crippen molar-refractivity contribution in [2.45, 2.75) is 6.18 Å². The van der Waals surface area contributed by atoms with E-state index in [1.807, 2.05) is 9.80 Å². The Hall–Kier alpha value is -3.45. The average Bonchev–Trinajstić information content (AvgIpc) is 3.29. The van der Waals surface area contributed by atoms with Crippen LogP contribution in [0.15, 0.2) is 30.3 Å². The Bertz CT molecular complexity index is 1220. The van der Waals surface area contributed by atoms with Crippen LogP contribution in [-0.2, 0) is 15.7 Å². The number of nitrogens with zero attached hydrogens (tertiary/aromatic N) is 7. The number of imidazole rings is 1. The molecule has 2 fully saturated rings. The van der Waals surface area contributed by atoms with Gasteiger partial charge in [0.05, 0.1) is 30.8 Å². The monoisotopic (exact) mass is 490 g/mol. The van der Waals surface area contributed by atoms with E-state index in [1.165, 1.54) is 0 Å². The number of morpholine rings is 1. The zero-order valence-corrected chi connectivity index (χ0v) is 18.9. The number of amides is 1. The number of carbonyl (C=O) groups is 1. The lowest BCUT2D eigenvalue weighted by Gasteiger charge is -2.36. The summed E-state index contributed by atoms with van der Waals surface area (Å²) in [6, 6.07) is 7.99. The van der Waals surface area contributed by atoms with Crippen LogP contribution < -0.4 is 15.5 Å². The van der Waals surface area contributed by atoms with E-state index in [0.29, 0.717) is 69.8 Å². The predicted molar refractivity (Wildman–Crippen MR) is 123 cm³/mol. The van der Waals surface area contributed by atoms with Gasteiger partial charge in [-0.15, -0.1) is 0 Å². The van der Waals surface area contributed by atoms with Crippen LogP contribution in [0, 0.1) is 0 Å². The summed E-state index contributed by atoms with van der Waals surface area (Å²) in [4.78, 5) is 30.6. The predicted octanol–water partition coefficient (Wildman–Crippen LogP) is 1.28. The van der Waals surface area contributed by atoms with Gasteiger partial charge in [0.15, 0.2) is 0 Å². The first-order valence-electron chi connectivity index (χ1n) is 11.3. The Morgan fingerprint density at radius 1 is 0.943 bits per heavy atom. The Morgan fingerprint density at radius 2 is 1.63 bits per heavy atom. The Labute approximate surface area is 199 Å². The first-order valence-corrected chi connectivity index (χ1v) is 11.3. The first kappa shape index (κ1) is 23.3. The third-order valence-electron chi connectivity index (χ3n) is 6.16. The van der Waals surface area contributed by atoms with E-state index in [-0.39, 0.29) is 23.8 Å². The summed E-state index contributed by atoms with van der Waals surface area (Å²) < 4.78 is 48.5. The normalized spacial score (nSPS) is 17.3. The van der Waals surface area contributed by atoms with Gasteiger partial charge in [0, 0.05) is 45.3 Å². The Morgan fingerprint density at radius 3 is 2.31 bits per heavy atom. The number of benzene rings is 1. The molecule has 0 spiro atoms. The largest absolute Gasteiger partial charge is 0.450 e. The average molecular weight is 490 g/mol. The molecule has 1 aromatic carbocycles. The van der Waals surface area contributed by atoms with Gasteiger partial charge in [-0.1, -0.05) is 12.1 Å². The summed E-state index contributed by atoms with van der Waals surface area (Å²) in [5.41, 5.74) is 6.00. The molecule has 0 saturated carbocycles. The molecule has 186 valence electrons. The van der Waals surface area contributed by atoms with Gasteiger partial charge in [0.1, 0.15) is 11.6 Å². The van der Waals surface area contributed by atoms with Crippen molar-refractivity contribution < 1.29 is 22.7 Å². The van der Waals surface area contributed by atoms with Crippen LogP contribution in [0.3, 0.4) is 0 Å². The lowest BCUT2D eigenvalue weighted by atomic mass is 10.3. The minimum Gasteiger partial charge on any atom is -0.378 e. The van der Waals surface area contributed by atoms with Crippen LogP contribution in [0.25, 0.3) is 16.9 Å². The van der Waals surface area contributed by atoms with Crippen molar-refractivity contribution in [3.8, 4) is 5.82 Å². The molecule has 2 N–H and O–H groups in total. The zero-order valence-electron chi connectivity index (χ0n) is 18.9. The highest BCUT2D eigenvalue weighted by molar-refractivity contribution is 5.79. The van der Waals surface area contributed by atoms with Gasteiger partial charge in [-0.3, -0.25) is 9.36 Å². The molecule has 10 nitrogen and oxygen atoms in total. The number of ether oxygens (including phenoxy) is 1. The lowest BCUT2D eigenvalue weighted by Crippen LogP contribution is -2.50. The molecule has 35 heavy (non-hydrogen) atoms. The fourth-order valence-electron chi connectivity index (χ4n) is 4.35. The van der Waals surface area contributed by atoms with Crippen molar-refractivity contribution in [1.29, 1.82) is 0 Å². The highest BCUT2D eigenvalue weighted by atomic mass is 19.4. The molecule has 13 heteroatoms. The number of halogens is 3. The van der Waals surface area contributed by atoms with Gasteiger partial charge in [0.2, 0.25) is 17.7 Å². The molecule has 1 amide bonds. The second-order valence-corrected chi connectivity index (χ2v) is 8.31. The van der Waals surface area contributed by atoms with Crippen LogP contribution in [-0.4, -0.2) is 89.4 Å². The smallest absolute Gasteiger partial charge is 0.378 e. The zero-order chi connectivity index (χ0) is 24.6. The van der Waals surface area contributed by atoms with Crippen LogP contribution in [0.5, 0.6) is 0 Å². The maximum Gasteiger partial charge on any atom is 0.450 e. The van der Waals surface area contributed by atoms with Crippen molar-refractivity contribution in [2.75, 3.05) is 68.8 Å². The highest BCUT2D eigenvalue weighted by Gasteiger charge is 2.39. The van der Waals surface area contributed by atoms with E-state index in [4.69, 9.17) is 15.5 Å². The van der Waals surface area contributed by atoms with Gasteiger partial charge < -0.3 is 25.2 Å². The molecule has 2 aliphatic heterocycles. The number of anilines is 2. The maximum atomic E-state index is 14.0. The molecule has 2 aromatic heterocycles. The number of carbonyl (C=O) groups excluding carboxylic acids is 1. The third-order valence-corrected chi connectivity index (χ3v) is 6.16. The quantitative estimate of drug-likeness (QED) is 0.583. The van der Waals surface area contributed by atoms with Crippen molar-refractivity contribution in [3.05, 3.63) is 36.2 Å². The second kappa shape index (κ2) is 9.30. The van der Waals surface area contributed by atoms with E-state index in [2.05, 4.69) is 9.97 Å². The number of piperazine rings is 1. The minimum atomic E-state index is -4.68. The van der Waals surface area contributed by atoms with E-state index >= 15 is 0 Å². The van der Waals surface area contributed by atoms with Gasteiger partial charge >= 0.3 is 6.18 Å². The van der Waals surface area contributed by atoms with Crippen molar-refractivity contribution in [1.82, 2.24) is 24.4 Å². The summed E-state index contributed by atoms with van der Waals surface area (Å²) in [6.07, 6.45) is -4.68. The highest BCUT2D eigenvalue weighted by Crippen LogP contribution is 2.34. The standard InChI is InChI=1S/C22H25F3N8O2/c23-22(24,25)20-27-15-3-1-2-4-16(15)33(20)18-13-17(28-21(29-18)32-9-11-35-12-10-32)30-5-7-31(8-6-30)19(34)14-26/h1-4,13H,5-12,14,26H2. The number of alkyl halides is 3. The molecular formula is C22H25F3N8O2. The second-order valence-electron chi connectivity index (χ2n) is 8.31. The molecule has 2 saturated heterocycles. The van der Waals surface area contributed by atoms with E-state index in [0.717, 1.165) is 4.57 Å². The number of hydrogen-bond acceptors (Lipinski definition) is 8. The molecule has 3 aromatic rings. The lowest BCUT2D eigenvalue weighted by molar-refractivity contribution is -0.145. The minimum absolute atomic E-state index is 0.0627. The van der Waals surface area contributed by atoms with Crippen LogP contribution in [0.4, 0.5) is 24.9 Å². The van der Waals surface area contributed by atoms with E-state index < -0.39 is 12.0 Å². The van der Waals surface area contributed by atoms with E-state index in [9.17, 15) is 18.0 Å². The van der Waals surface area contributed by atoms with Gasteiger partial charge in [-0.2, -0.15) is 23.1 Å². The first-order chi connectivity index (χ1) is 16.8. The third kappa shape index (κ3) is 4.60. The van der Waals surface area contributed by atoms with Crippen molar-refractivity contribution in [3.63, 3.8) is 0 Å². The number of aromatic nitrogens is 4. The molecule has 0 unspecified atom stereocenters. The number of hydrogen-bond donors (Lipinski definition) is 1. The molecule has 0 radical (unpaired) electrons. The molecule has 0 atom stereocenters. The summed E-state index contributed by atoms with van der Waals surface area (Å²) in [7, 11) is 0. The van der Waals surface area contributed by atoms with Crippen molar-refractivity contribution in [2.24, 2.45) is 5.73 Å². The number of nitrogens with two attached hydrogens (primary N) is 1. The van der Waals surface area contributed by atoms with E-state index in [1.54, 1.807) is 35.2 Å². The summed E-state index contributed by atoms with van der Waals surface area (Å²) >= 11 is 0. The fourth-order valence-corrected chi connectivity index (χ4v) is 4.35. The van der Waals surface area contributed by atoms with Crippen LogP contribution in [0.2, 0.25) is 0 Å². The molecule has 0 aliphatic carbocycles. The molecule has 2 aliphatic rings. The van der Waals surface area contributed by atoms with Crippen LogP contribution in [0.1, 0.15) is 5.82 Å². The van der Waals surface area contributed by atoms with Gasteiger partial charge in [-0.05, 0) is 12.1 Å². The number of rotatable bonds is 4. The maximum absolute atomic E-state index is 14.0. The topological polar surface area (TPSA) is 106 Å². The number of para-hydroxylation sites is 2. The fraction of sp³-hybridized carbons (Fsp3) is 0.455. The molecule has 0 bridgehead atoms. The summed E-state index contributed by atoms with van der Waals surface area (Å²) in [5, 5.41) is 0. The van der Waals surface area contributed by atoms with Crippen molar-refractivity contribution >= 4 is 28.7 Å². The molecule has 4 heterocycles. The summed E-state index contributed by atoms with van der Waals surface area (Å²) in [5.74, 6) is -0.288. The van der Waals surface area contributed by atoms with Gasteiger partial charge in [-0.25, -0.2) is 4.98 Å². The van der Waals surface area contributed by atoms with Gasteiger partial charge in [0.25, 0.3) is 0 Å². The molecular weight excluding hydrogens is 465 g/mol. The summed E-state index contributed by atoms with van der Waals surface area (Å²) in [6.45, 7) is 3.79. The Balaban J connectivity index is 1.60. The van der Waals surface area contributed by atoms with Crippen LogP contribution >= 0.6 is 0 Å². The SMILES string of the molecule is NCC(=O)N1CCN(c2cc(-n3c(C(F)(F)F)nc4ccccc43)nc(N3CCOCC3)n2)CC1. The molecule has 5 rings (SSSR count). The number of fused-ring (bicyclic) bond motifs is 1.